The molecule has 6 nitrogen and oxygen atoms in total. The highest BCUT2D eigenvalue weighted by Gasteiger charge is 2.16. The second kappa shape index (κ2) is 5.19. The number of hydrogen-bond donors (Lipinski definition) is 1. The van der Waals surface area contributed by atoms with E-state index < -0.39 is 0 Å². The van der Waals surface area contributed by atoms with Crippen molar-refractivity contribution in [1.29, 1.82) is 0 Å². The van der Waals surface area contributed by atoms with Gasteiger partial charge in [0.25, 0.3) is 5.91 Å². The highest BCUT2D eigenvalue weighted by atomic mass is 32.1. The molecule has 0 atom stereocenters. The number of nitrogens with zero attached hydrogens (tertiary/aromatic N) is 1. The third-order valence-electron chi connectivity index (χ3n) is 3.18. The number of thiazole rings is 1. The van der Waals surface area contributed by atoms with E-state index in [0.717, 1.165) is 17.0 Å². The Morgan fingerprint density at radius 3 is 3.00 bits per heavy atom. The minimum absolute atomic E-state index is 0.238. The summed E-state index contributed by atoms with van der Waals surface area (Å²) in [6, 6.07) is 7.23. The summed E-state index contributed by atoms with van der Waals surface area (Å²) in [5, 5.41) is 5.14. The van der Waals surface area contributed by atoms with Crippen molar-refractivity contribution in [2.45, 2.75) is 0 Å². The zero-order valence-corrected chi connectivity index (χ0v) is 12.1. The van der Waals surface area contributed by atoms with Crippen LogP contribution in [0.2, 0.25) is 0 Å². The molecule has 4 rings (SSSR count). The molecule has 1 N–H and O–H groups in total. The van der Waals surface area contributed by atoms with Crippen molar-refractivity contribution in [1.82, 2.24) is 4.98 Å². The molecule has 0 unspecified atom stereocenters. The quantitative estimate of drug-likeness (QED) is 0.802. The molecule has 3 aromatic rings. The topological polar surface area (TPSA) is 73.6 Å². The number of furan rings is 1. The number of anilines is 1. The monoisotopic (exact) mass is 314 g/mol. The van der Waals surface area contributed by atoms with Crippen LogP contribution in [0.1, 0.15) is 10.4 Å². The lowest BCUT2D eigenvalue weighted by atomic mass is 10.1. The first-order valence-corrected chi connectivity index (χ1v) is 7.37. The van der Waals surface area contributed by atoms with Gasteiger partial charge in [-0.3, -0.25) is 10.1 Å². The Labute approximate surface area is 129 Å². The van der Waals surface area contributed by atoms with Crippen molar-refractivity contribution in [3.8, 4) is 22.8 Å². The Hall–Kier alpha value is -2.80. The Morgan fingerprint density at radius 1 is 1.23 bits per heavy atom. The van der Waals surface area contributed by atoms with E-state index in [1.165, 1.54) is 23.9 Å². The van der Waals surface area contributed by atoms with Crippen LogP contribution >= 0.6 is 11.3 Å². The molecule has 0 bridgehead atoms. The first-order valence-electron chi connectivity index (χ1n) is 6.49. The molecule has 3 heterocycles. The Kier molecular flexibility index (Phi) is 3.05. The zero-order valence-electron chi connectivity index (χ0n) is 11.2. The predicted octanol–water partition coefficient (Wildman–Crippen LogP) is 3.38. The highest BCUT2D eigenvalue weighted by molar-refractivity contribution is 7.14. The van der Waals surface area contributed by atoms with E-state index in [1.807, 2.05) is 23.6 Å². The van der Waals surface area contributed by atoms with Crippen LogP contribution in [0, 0.1) is 0 Å². The summed E-state index contributed by atoms with van der Waals surface area (Å²) in [6.07, 6.45) is 2.84. The maximum absolute atomic E-state index is 11.9. The fourth-order valence-electron chi connectivity index (χ4n) is 2.08. The average molecular weight is 314 g/mol. The van der Waals surface area contributed by atoms with Gasteiger partial charge in [-0.2, -0.15) is 0 Å². The number of ether oxygens (including phenoxy) is 2. The average Bonchev–Trinajstić information content (AvgIpc) is 3.27. The van der Waals surface area contributed by atoms with Crippen molar-refractivity contribution in [3.63, 3.8) is 0 Å². The minimum atomic E-state index is -0.250. The second-order valence-electron chi connectivity index (χ2n) is 4.57. The molecule has 0 radical (unpaired) electrons. The van der Waals surface area contributed by atoms with E-state index in [9.17, 15) is 4.79 Å². The predicted molar refractivity (Wildman–Crippen MR) is 80.3 cm³/mol. The number of nitrogens with one attached hydrogen (secondary N) is 1. The smallest absolute Gasteiger partial charge is 0.260 e. The molecule has 0 saturated carbocycles. The SMILES string of the molecule is O=C(Nc1nc(-c2ccc3c(c2)OCO3)cs1)c1ccoc1. The van der Waals surface area contributed by atoms with Crippen molar-refractivity contribution >= 4 is 22.4 Å². The number of carbonyl (C=O) groups excluding carboxylic acids is 1. The normalized spacial score (nSPS) is 12.4. The molecule has 22 heavy (non-hydrogen) atoms. The van der Waals surface area contributed by atoms with Gasteiger partial charge in [-0.05, 0) is 24.3 Å². The van der Waals surface area contributed by atoms with Crippen LogP contribution in [0.25, 0.3) is 11.3 Å². The standard InChI is InChI=1S/C15H10N2O4S/c18-14(10-3-4-19-6-10)17-15-16-11(7-22-15)9-1-2-12-13(5-9)21-8-20-12/h1-7H,8H2,(H,16,17,18). The van der Waals surface area contributed by atoms with Gasteiger partial charge in [-0.15, -0.1) is 11.3 Å². The van der Waals surface area contributed by atoms with E-state index >= 15 is 0 Å². The molecular formula is C15H10N2O4S. The number of rotatable bonds is 3. The third-order valence-corrected chi connectivity index (χ3v) is 3.93. The molecule has 0 spiro atoms. The molecule has 7 heteroatoms. The van der Waals surface area contributed by atoms with Crippen molar-refractivity contribution < 1.29 is 18.7 Å². The molecule has 0 fully saturated rings. The van der Waals surface area contributed by atoms with Gasteiger partial charge in [0.2, 0.25) is 6.79 Å². The molecule has 110 valence electrons. The lowest BCUT2D eigenvalue weighted by Gasteiger charge is -2.00. The summed E-state index contributed by atoms with van der Waals surface area (Å²) < 4.78 is 15.5. The van der Waals surface area contributed by atoms with Gasteiger partial charge in [-0.25, -0.2) is 4.98 Å². The van der Waals surface area contributed by atoms with Crippen LogP contribution in [0.4, 0.5) is 5.13 Å². The molecule has 1 amide bonds. The molecular weight excluding hydrogens is 304 g/mol. The Morgan fingerprint density at radius 2 is 2.14 bits per heavy atom. The first-order chi connectivity index (χ1) is 10.8. The van der Waals surface area contributed by atoms with Gasteiger partial charge in [0.15, 0.2) is 16.6 Å². The summed E-state index contributed by atoms with van der Waals surface area (Å²) in [5.74, 6) is 1.18. The summed E-state index contributed by atoms with van der Waals surface area (Å²) >= 11 is 1.36. The number of hydrogen-bond acceptors (Lipinski definition) is 6. The van der Waals surface area contributed by atoms with Crippen LogP contribution in [0.15, 0.2) is 46.6 Å². The number of amides is 1. The Bertz CT molecular complexity index is 826. The first kappa shape index (κ1) is 12.9. The van der Waals surface area contributed by atoms with Gasteiger partial charge in [0.1, 0.15) is 6.26 Å². The molecule has 0 aliphatic carbocycles. The van der Waals surface area contributed by atoms with Gasteiger partial charge < -0.3 is 13.9 Å². The van der Waals surface area contributed by atoms with Crippen molar-refractivity contribution in [2.24, 2.45) is 0 Å². The van der Waals surface area contributed by atoms with Crippen molar-refractivity contribution in [3.05, 3.63) is 47.7 Å². The Balaban J connectivity index is 1.55. The van der Waals surface area contributed by atoms with Gasteiger partial charge >= 0.3 is 0 Å². The van der Waals surface area contributed by atoms with E-state index in [-0.39, 0.29) is 12.7 Å². The van der Waals surface area contributed by atoms with Gasteiger partial charge in [0, 0.05) is 10.9 Å². The lowest BCUT2D eigenvalue weighted by Crippen LogP contribution is -2.10. The van der Waals surface area contributed by atoms with Gasteiger partial charge in [0.05, 0.1) is 17.5 Å². The molecule has 1 aliphatic heterocycles. The highest BCUT2D eigenvalue weighted by Crippen LogP contribution is 2.36. The van der Waals surface area contributed by atoms with Crippen LogP contribution in [-0.4, -0.2) is 17.7 Å². The van der Waals surface area contributed by atoms with Gasteiger partial charge in [-0.1, -0.05) is 0 Å². The van der Waals surface area contributed by atoms with E-state index in [1.54, 1.807) is 6.07 Å². The number of fused-ring (bicyclic) bond motifs is 1. The third kappa shape index (κ3) is 2.31. The molecule has 0 saturated heterocycles. The minimum Gasteiger partial charge on any atom is -0.472 e. The molecule has 1 aliphatic rings. The number of benzene rings is 1. The maximum atomic E-state index is 11.9. The fourth-order valence-corrected chi connectivity index (χ4v) is 2.80. The zero-order chi connectivity index (χ0) is 14.9. The fraction of sp³-hybridized carbons (Fsp3) is 0.0667. The lowest BCUT2D eigenvalue weighted by molar-refractivity contribution is 0.102. The summed E-state index contributed by atoms with van der Waals surface area (Å²) in [4.78, 5) is 16.3. The van der Waals surface area contributed by atoms with Crippen molar-refractivity contribution in [2.75, 3.05) is 12.1 Å². The molecule has 1 aromatic carbocycles. The summed E-state index contributed by atoms with van der Waals surface area (Å²) in [7, 11) is 0. The van der Waals surface area contributed by atoms with E-state index in [0.29, 0.717) is 16.4 Å². The second-order valence-corrected chi connectivity index (χ2v) is 5.43. The van der Waals surface area contributed by atoms with Crippen LogP contribution in [-0.2, 0) is 0 Å². The maximum Gasteiger partial charge on any atom is 0.260 e. The van der Waals surface area contributed by atoms with E-state index in [2.05, 4.69) is 10.3 Å². The summed E-state index contributed by atoms with van der Waals surface area (Å²) in [6.45, 7) is 0.238. The largest absolute Gasteiger partial charge is 0.472 e. The van der Waals surface area contributed by atoms with Crippen LogP contribution < -0.4 is 14.8 Å². The number of aromatic nitrogens is 1. The van der Waals surface area contributed by atoms with Crippen LogP contribution in [0.5, 0.6) is 11.5 Å². The summed E-state index contributed by atoms with van der Waals surface area (Å²) in [5.41, 5.74) is 2.13. The molecule has 2 aromatic heterocycles. The van der Waals surface area contributed by atoms with E-state index in [4.69, 9.17) is 13.9 Å². The number of carbonyl (C=O) groups is 1. The van der Waals surface area contributed by atoms with Crippen LogP contribution in [0.3, 0.4) is 0 Å².